The molecule has 0 spiro atoms. The van der Waals surface area contributed by atoms with E-state index < -0.39 is 0 Å². The number of hydrogen-bond donors (Lipinski definition) is 0. The van der Waals surface area contributed by atoms with Crippen molar-refractivity contribution in [2.45, 2.75) is 12.8 Å². The molecule has 1 rings (SSSR count). The standard InChI is InChI=1S/C14H14S/c1-3-5-8-13(7-4-2)10-11-14-9-6-12-15-14/h3-4,6,8-9,12H,1-2,5,7H2. The molecule has 0 saturated carbocycles. The first-order chi connectivity index (χ1) is 7.36. The second kappa shape index (κ2) is 6.86. The minimum Gasteiger partial charge on any atom is -0.135 e. The number of thiophene rings is 1. The zero-order valence-corrected chi connectivity index (χ0v) is 9.52. The zero-order chi connectivity index (χ0) is 10.9. The van der Waals surface area contributed by atoms with Crippen molar-refractivity contribution in [1.29, 1.82) is 0 Å². The van der Waals surface area contributed by atoms with E-state index in [1.807, 2.05) is 29.7 Å². The largest absolute Gasteiger partial charge is 0.135 e. The highest BCUT2D eigenvalue weighted by molar-refractivity contribution is 7.10. The molecule has 0 N–H and O–H groups in total. The van der Waals surface area contributed by atoms with E-state index in [9.17, 15) is 0 Å². The van der Waals surface area contributed by atoms with Crippen molar-refractivity contribution < 1.29 is 0 Å². The monoisotopic (exact) mass is 214 g/mol. The highest BCUT2D eigenvalue weighted by Crippen LogP contribution is 2.08. The van der Waals surface area contributed by atoms with Crippen molar-refractivity contribution in [3.8, 4) is 11.8 Å². The van der Waals surface area contributed by atoms with E-state index in [4.69, 9.17) is 0 Å². The highest BCUT2D eigenvalue weighted by atomic mass is 32.1. The van der Waals surface area contributed by atoms with Crippen LogP contribution in [0.3, 0.4) is 0 Å². The third kappa shape index (κ3) is 4.49. The van der Waals surface area contributed by atoms with E-state index in [2.05, 4.69) is 31.1 Å². The zero-order valence-electron chi connectivity index (χ0n) is 8.70. The SMILES string of the molecule is C=CCC=C(C#Cc1cccs1)CC=C. The summed E-state index contributed by atoms with van der Waals surface area (Å²) in [6.45, 7) is 7.41. The van der Waals surface area contributed by atoms with Gasteiger partial charge in [-0.05, 0) is 24.3 Å². The lowest BCUT2D eigenvalue weighted by atomic mass is 10.1. The summed E-state index contributed by atoms with van der Waals surface area (Å²) in [5, 5.41) is 2.03. The molecule has 0 aliphatic rings. The minimum absolute atomic E-state index is 0.826. The van der Waals surface area contributed by atoms with E-state index >= 15 is 0 Å². The average Bonchev–Trinajstić information content (AvgIpc) is 2.75. The molecule has 1 aromatic rings. The Kier molecular flexibility index (Phi) is 5.29. The lowest BCUT2D eigenvalue weighted by molar-refractivity contribution is 1.26. The van der Waals surface area contributed by atoms with E-state index in [0.717, 1.165) is 23.3 Å². The molecule has 0 aliphatic heterocycles. The Balaban J connectivity index is 2.73. The van der Waals surface area contributed by atoms with Gasteiger partial charge < -0.3 is 0 Å². The molecule has 0 bridgehead atoms. The van der Waals surface area contributed by atoms with E-state index in [0.29, 0.717) is 0 Å². The summed E-state index contributed by atoms with van der Waals surface area (Å²) in [7, 11) is 0. The van der Waals surface area contributed by atoms with Crippen LogP contribution in [0, 0.1) is 11.8 Å². The van der Waals surface area contributed by atoms with Crippen LogP contribution in [0.2, 0.25) is 0 Å². The fourth-order valence-corrected chi connectivity index (χ4v) is 1.63. The van der Waals surface area contributed by atoms with E-state index in [1.165, 1.54) is 0 Å². The molecule has 0 nitrogen and oxygen atoms in total. The molecular weight excluding hydrogens is 200 g/mol. The van der Waals surface area contributed by atoms with Crippen LogP contribution in [0.5, 0.6) is 0 Å². The topological polar surface area (TPSA) is 0 Å². The van der Waals surface area contributed by atoms with Gasteiger partial charge in [0.1, 0.15) is 0 Å². The Morgan fingerprint density at radius 3 is 2.87 bits per heavy atom. The molecule has 1 aromatic heterocycles. The van der Waals surface area contributed by atoms with Crippen LogP contribution >= 0.6 is 11.3 Å². The summed E-state index contributed by atoms with van der Waals surface area (Å²) in [4.78, 5) is 1.10. The van der Waals surface area contributed by atoms with Gasteiger partial charge in [-0.2, -0.15) is 0 Å². The number of hydrogen-bond acceptors (Lipinski definition) is 1. The Morgan fingerprint density at radius 1 is 1.40 bits per heavy atom. The Labute approximate surface area is 95.7 Å². The number of rotatable bonds is 4. The smallest absolute Gasteiger partial charge is 0.0772 e. The maximum Gasteiger partial charge on any atom is 0.0772 e. The highest BCUT2D eigenvalue weighted by Gasteiger charge is 1.89. The third-order valence-electron chi connectivity index (χ3n) is 1.76. The summed E-state index contributed by atoms with van der Waals surface area (Å²) in [6, 6.07) is 4.03. The molecule has 0 atom stereocenters. The van der Waals surface area contributed by atoms with Gasteiger partial charge in [-0.15, -0.1) is 24.5 Å². The predicted octanol–water partition coefficient (Wildman–Crippen LogP) is 4.18. The van der Waals surface area contributed by atoms with Crippen molar-refractivity contribution in [1.82, 2.24) is 0 Å². The lowest BCUT2D eigenvalue weighted by Gasteiger charge is -1.92. The Hall–Kier alpha value is -1.52. The summed E-state index contributed by atoms with van der Waals surface area (Å²) in [5.41, 5.74) is 1.11. The van der Waals surface area contributed by atoms with Crippen molar-refractivity contribution >= 4 is 11.3 Å². The van der Waals surface area contributed by atoms with Crippen LogP contribution in [0.1, 0.15) is 17.7 Å². The fraction of sp³-hybridized carbons (Fsp3) is 0.143. The Bertz CT molecular complexity index is 396. The fourth-order valence-electron chi connectivity index (χ4n) is 1.06. The van der Waals surface area contributed by atoms with E-state index in [-0.39, 0.29) is 0 Å². The molecule has 0 amide bonds. The molecule has 76 valence electrons. The molecule has 0 unspecified atom stereocenters. The second-order valence-electron chi connectivity index (χ2n) is 2.97. The molecule has 1 heteroatoms. The van der Waals surface area contributed by atoms with Crippen LogP contribution in [0.25, 0.3) is 0 Å². The van der Waals surface area contributed by atoms with Crippen LogP contribution in [-0.4, -0.2) is 0 Å². The van der Waals surface area contributed by atoms with Gasteiger partial charge in [-0.25, -0.2) is 0 Å². The maximum atomic E-state index is 3.72. The predicted molar refractivity (Wildman–Crippen MR) is 68.9 cm³/mol. The van der Waals surface area contributed by atoms with Gasteiger partial charge in [0, 0.05) is 5.57 Å². The van der Waals surface area contributed by atoms with Gasteiger partial charge in [0.05, 0.1) is 4.88 Å². The van der Waals surface area contributed by atoms with Crippen LogP contribution in [-0.2, 0) is 0 Å². The molecule has 0 radical (unpaired) electrons. The molecular formula is C14H14S. The first kappa shape index (κ1) is 11.6. The third-order valence-corrected chi connectivity index (χ3v) is 2.55. The van der Waals surface area contributed by atoms with Crippen molar-refractivity contribution in [3.63, 3.8) is 0 Å². The van der Waals surface area contributed by atoms with Crippen molar-refractivity contribution in [2.75, 3.05) is 0 Å². The van der Waals surface area contributed by atoms with Crippen LogP contribution in [0.15, 0.2) is 54.5 Å². The van der Waals surface area contributed by atoms with Gasteiger partial charge in [-0.3, -0.25) is 0 Å². The van der Waals surface area contributed by atoms with Gasteiger partial charge >= 0.3 is 0 Å². The van der Waals surface area contributed by atoms with E-state index in [1.54, 1.807) is 11.3 Å². The summed E-state index contributed by atoms with van der Waals surface area (Å²) in [6.07, 6.45) is 7.53. The Morgan fingerprint density at radius 2 is 2.27 bits per heavy atom. The molecule has 15 heavy (non-hydrogen) atoms. The van der Waals surface area contributed by atoms with Gasteiger partial charge in [0.15, 0.2) is 0 Å². The molecule has 0 saturated heterocycles. The lowest BCUT2D eigenvalue weighted by Crippen LogP contribution is -1.76. The molecule has 0 fully saturated rings. The van der Waals surface area contributed by atoms with Gasteiger partial charge in [0.25, 0.3) is 0 Å². The summed E-state index contributed by atoms with van der Waals surface area (Å²) < 4.78 is 0. The maximum absolute atomic E-state index is 3.72. The first-order valence-electron chi connectivity index (χ1n) is 4.83. The normalized spacial score (nSPS) is 10.3. The van der Waals surface area contributed by atoms with Gasteiger partial charge in [0.2, 0.25) is 0 Å². The van der Waals surface area contributed by atoms with Gasteiger partial charge in [-0.1, -0.05) is 36.1 Å². The second-order valence-corrected chi connectivity index (χ2v) is 3.92. The van der Waals surface area contributed by atoms with Crippen LogP contribution in [0.4, 0.5) is 0 Å². The molecule has 1 heterocycles. The first-order valence-corrected chi connectivity index (χ1v) is 5.71. The average molecular weight is 214 g/mol. The van der Waals surface area contributed by atoms with Crippen LogP contribution < -0.4 is 0 Å². The quantitative estimate of drug-likeness (QED) is 0.521. The summed E-state index contributed by atoms with van der Waals surface area (Å²) >= 11 is 1.66. The molecule has 0 aromatic carbocycles. The van der Waals surface area contributed by atoms with Crippen molar-refractivity contribution in [3.05, 3.63) is 59.3 Å². The molecule has 0 aliphatic carbocycles. The summed E-state index contributed by atoms with van der Waals surface area (Å²) in [5.74, 6) is 6.30. The minimum atomic E-state index is 0.826. The van der Waals surface area contributed by atoms with Crippen molar-refractivity contribution in [2.24, 2.45) is 0 Å². The number of allylic oxidation sites excluding steroid dienone is 4.